The fourth-order valence-electron chi connectivity index (χ4n) is 2.13. The van der Waals surface area contributed by atoms with Crippen molar-refractivity contribution < 1.29 is 9.59 Å². The lowest BCUT2D eigenvalue weighted by atomic mass is 10.2. The van der Waals surface area contributed by atoms with E-state index in [-0.39, 0.29) is 17.5 Å². The van der Waals surface area contributed by atoms with E-state index in [4.69, 9.17) is 0 Å². The summed E-state index contributed by atoms with van der Waals surface area (Å²) in [5.41, 5.74) is 0.599. The topological polar surface area (TPSA) is 87.2 Å². The number of amides is 2. The zero-order chi connectivity index (χ0) is 18.1. The molecule has 0 unspecified atom stereocenters. The Labute approximate surface area is 146 Å². The second-order valence-electron chi connectivity index (χ2n) is 5.07. The third-order valence-corrected chi connectivity index (χ3v) is 3.48. The van der Waals surface area contributed by atoms with Crippen LogP contribution < -0.4 is 10.6 Å². The van der Waals surface area contributed by atoms with Crippen LogP contribution in [0.1, 0.15) is 24.2 Å². The predicted octanol–water partition coefficient (Wildman–Crippen LogP) is 2.03. The monoisotopic (exact) mass is 339 g/mol. The minimum absolute atomic E-state index is 0.130. The van der Waals surface area contributed by atoms with E-state index in [0.717, 1.165) is 0 Å². The van der Waals surface area contributed by atoms with Gasteiger partial charge < -0.3 is 15.5 Å². The van der Waals surface area contributed by atoms with E-state index in [1.807, 2.05) is 19.9 Å². The lowest BCUT2D eigenvalue weighted by Crippen LogP contribution is -2.38. The van der Waals surface area contributed by atoms with Gasteiger partial charge in [0.15, 0.2) is 0 Å². The summed E-state index contributed by atoms with van der Waals surface area (Å²) < 4.78 is 0. The van der Waals surface area contributed by atoms with Crippen molar-refractivity contribution in [2.45, 2.75) is 13.8 Å². The molecule has 1 aromatic carbocycles. The van der Waals surface area contributed by atoms with Crippen molar-refractivity contribution in [1.82, 2.24) is 20.2 Å². The molecule has 0 aliphatic heterocycles. The fraction of sp³-hybridized carbons (Fsp3) is 0.222. The number of aromatic nitrogens is 2. The second kappa shape index (κ2) is 9.17. The van der Waals surface area contributed by atoms with Gasteiger partial charge in [-0.1, -0.05) is 18.2 Å². The van der Waals surface area contributed by atoms with E-state index < -0.39 is 0 Å². The molecule has 0 bridgehead atoms. The maximum absolute atomic E-state index is 12.7. The van der Waals surface area contributed by atoms with Crippen LogP contribution in [-0.4, -0.2) is 39.8 Å². The molecule has 0 saturated carbocycles. The van der Waals surface area contributed by atoms with Crippen molar-refractivity contribution in [3.05, 3.63) is 66.3 Å². The first-order chi connectivity index (χ1) is 12.2. The summed E-state index contributed by atoms with van der Waals surface area (Å²) in [6, 6.07) is 10.4. The largest absolute Gasteiger partial charge is 0.338 e. The highest BCUT2D eigenvalue weighted by Crippen LogP contribution is 2.05. The summed E-state index contributed by atoms with van der Waals surface area (Å²) >= 11 is 0. The average molecular weight is 339 g/mol. The van der Waals surface area contributed by atoms with Crippen LogP contribution >= 0.6 is 0 Å². The molecular formula is C18H21N5O2. The number of carbonyl (C=O) groups is 2. The SMILES string of the molecule is CCN(CC)C(=O)/C(=C/Nc1ncccn1)NC(=O)c1ccccc1. The lowest BCUT2D eigenvalue weighted by Gasteiger charge is -2.20. The molecule has 0 radical (unpaired) electrons. The average Bonchev–Trinajstić information content (AvgIpc) is 2.67. The first-order valence-electron chi connectivity index (χ1n) is 8.05. The van der Waals surface area contributed by atoms with E-state index in [2.05, 4.69) is 20.6 Å². The Morgan fingerprint density at radius 3 is 2.28 bits per heavy atom. The summed E-state index contributed by atoms with van der Waals surface area (Å²) in [4.78, 5) is 34.7. The fourth-order valence-corrected chi connectivity index (χ4v) is 2.13. The van der Waals surface area contributed by atoms with Crippen molar-refractivity contribution >= 4 is 17.8 Å². The normalized spacial score (nSPS) is 10.9. The summed E-state index contributed by atoms with van der Waals surface area (Å²) in [5.74, 6) is -0.304. The van der Waals surface area contributed by atoms with Crippen molar-refractivity contribution in [2.75, 3.05) is 18.4 Å². The first-order valence-corrected chi connectivity index (χ1v) is 8.05. The molecule has 2 N–H and O–H groups in total. The van der Waals surface area contributed by atoms with Crippen LogP contribution in [0.5, 0.6) is 0 Å². The first kappa shape index (κ1) is 18.1. The Balaban J connectivity index is 2.22. The number of likely N-dealkylation sites (N-methyl/N-ethyl adjacent to an activating group) is 1. The lowest BCUT2D eigenvalue weighted by molar-refractivity contribution is -0.127. The number of hydrogen-bond acceptors (Lipinski definition) is 5. The minimum Gasteiger partial charge on any atom is -0.338 e. The van der Waals surface area contributed by atoms with Crippen LogP contribution in [-0.2, 0) is 4.79 Å². The molecule has 0 fully saturated rings. The number of benzene rings is 1. The summed E-state index contributed by atoms with van der Waals surface area (Å²) in [5, 5.41) is 5.50. The zero-order valence-electron chi connectivity index (χ0n) is 14.3. The van der Waals surface area contributed by atoms with Crippen molar-refractivity contribution in [1.29, 1.82) is 0 Å². The molecule has 2 amide bonds. The number of rotatable bonds is 7. The van der Waals surface area contributed by atoms with Crippen LogP contribution in [0.2, 0.25) is 0 Å². The van der Waals surface area contributed by atoms with Gasteiger partial charge in [0, 0.05) is 37.2 Å². The third-order valence-electron chi connectivity index (χ3n) is 3.48. The molecule has 1 aromatic heterocycles. The number of hydrogen-bond donors (Lipinski definition) is 2. The Kier molecular flexibility index (Phi) is 6.65. The van der Waals surface area contributed by atoms with Crippen molar-refractivity contribution in [3.63, 3.8) is 0 Å². The van der Waals surface area contributed by atoms with Gasteiger partial charge >= 0.3 is 0 Å². The second-order valence-corrected chi connectivity index (χ2v) is 5.07. The third kappa shape index (κ3) is 5.13. The van der Waals surface area contributed by atoms with Crippen molar-refractivity contribution in [3.8, 4) is 0 Å². The van der Waals surface area contributed by atoms with Gasteiger partial charge in [0.1, 0.15) is 5.70 Å². The van der Waals surface area contributed by atoms with E-state index in [1.165, 1.54) is 6.20 Å². The number of carbonyl (C=O) groups excluding carboxylic acids is 2. The summed E-state index contributed by atoms with van der Waals surface area (Å²) in [7, 11) is 0. The summed E-state index contributed by atoms with van der Waals surface area (Å²) in [6.07, 6.45) is 4.58. The van der Waals surface area contributed by atoms with E-state index >= 15 is 0 Å². The highest BCUT2D eigenvalue weighted by atomic mass is 16.2. The van der Waals surface area contributed by atoms with Gasteiger partial charge in [-0.3, -0.25) is 9.59 Å². The highest BCUT2D eigenvalue weighted by molar-refractivity contribution is 6.02. The molecule has 130 valence electrons. The maximum Gasteiger partial charge on any atom is 0.271 e. The molecule has 0 atom stereocenters. The molecule has 0 saturated heterocycles. The van der Waals surface area contributed by atoms with Crippen LogP contribution in [0.4, 0.5) is 5.95 Å². The standard InChI is InChI=1S/C18H21N5O2/c1-3-23(4-2)17(25)15(13-21-18-19-11-8-12-20-18)22-16(24)14-9-6-5-7-10-14/h5-13H,3-4H2,1-2H3,(H,22,24)(H,19,20,21)/b15-13-. The zero-order valence-corrected chi connectivity index (χ0v) is 14.3. The Morgan fingerprint density at radius 2 is 1.68 bits per heavy atom. The smallest absolute Gasteiger partial charge is 0.271 e. The van der Waals surface area contributed by atoms with Crippen LogP contribution in [0.3, 0.4) is 0 Å². The van der Waals surface area contributed by atoms with E-state index in [1.54, 1.807) is 47.6 Å². The minimum atomic E-state index is -0.358. The predicted molar refractivity (Wildman–Crippen MR) is 95.6 cm³/mol. The number of nitrogens with zero attached hydrogens (tertiary/aromatic N) is 3. The molecule has 7 heteroatoms. The molecule has 0 aliphatic rings. The quantitative estimate of drug-likeness (QED) is 0.754. The number of anilines is 1. The Morgan fingerprint density at radius 1 is 1.04 bits per heavy atom. The summed E-state index contributed by atoms with van der Waals surface area (Å²) in [6.45, 7) is 4.84. The van der Waals surface area contributed by atoms with Crippen molar-refractivity contribution in [2.24, 2.45) is 0 Å². The van der Waals surface area contributed by atoms with Crippen LogP contribution in [0, 0.1) is 0 Å². The number of nitrogens with one attached hydrogen (secondary N) is 2. The molecule has 25 heavy (non-hydrogen) atoms. The molecule has 2 rings (SSSR count). The van der Waals surface area contributed by atoms with Gasteiger partial charge in [-0.05, 0) is 32.0 Å². The van der Waals surface area contributed by atoms with E-state index in [0.29, 0.717) is 24.6 Å². The molecule has 1 heterocycles. The van der Waals surface area contributed by atoms with Gasteiger partial charge in [0.2, 0.25) is 5.95 Å². The van der Waals surface area contributed by atoms with Crippen LogP contribution in [0.25, 0.3) is 0 Å². The van der Waals surface area contributed by atoms with Gasteiger partial charge in [-0.25, -0.2) is 9.97 Å². The molecule has 0 spiro atoms. The van der Waals surface area contributed by atoms with Crippen LogP contribution in [0.15, 0.2) is 60.7 Å². The highest BCUT2D eigenvalue weighted by Gasteiger charge is 2.18. The molecular weight excluding hydrogens is 318 g/mol. The van der Waals surface area contributed by atoms with Gasteiger partial charge in [-0.2, -0.15) is 0 Å². The van der Waals surface area contributed by atoms with Gasteiger partial charge in [-0.15, -0.1) is 0 Å². The Hall–Kier alpha value is -3.22. The molecule has 0 aliphatic carbocycles. The molecule has 2 aromatic rings. The maximum atomic E-state index is 12.7. The van der Waals surface area contributed by atoms with Gasteiger partial charge in [0.25, 0.3) is 11.8 Å². The molecule has 7 nitrogen and oxygen atoms in total. The van der Waals surface area contributed by atoms with E-state index in [9.17, 15) is 9.59 Å². The Bertz CT molecular complexity index is 728. The van der Waals surface area contributed by atoms with Gasteiger partial charge in [0.05, 0.1) is 0 Å².